The van der Waals surface area contributed by atoms with E-state index in [0.717, 1.165) is 0 Å². The van der Waals surface area contributed by atoms with Crippen LogP contribution < -0.4 is 5.32 Å². The summed E-state index contributed by atoms with van der Waals surface area (Å²) in [4.78, 5) is 11.7. The van der Waals surface area contributed by atoms with Gasteiger partial charge >= 0.3 is 0 Å². The Morgan fingerprint density at radius 2 is 2.29 bits per heavy atom. The standard InChI is InChI=1S/C12H15BrFNO2/c1-8(3-2-6-16)15-12(17)10-5-4-9(13)7-11(10)14/h4-5,7-8,16H,2-3,6H2,1H3,(H,15,17). The Bertz CT molecular complexity index is 398. The van der Waals surface area contributed by atoms with Gasteiger partial charge in [-0.1, -0.05) is 15.9 Å². The third kappa shape index (κ3) is 4.44. The van der Waals surface area contributed by atoms with Crippen molar-refractivity contribution >= 4 is 21.8 Å². The van der Waals surface area contributed by atoms with Gasteiger partial charge in [0.2, 0.25) is 0 Å². The first kappa shape index (κ1) is 14.1. The lowest BCUT2D eigenvalue weighted by molar-refractivity contribution is 0.0932. The van der Waals surface area contributed by atoms with Crippen LogP contribution >= 0.6 is 15.9 Å². The Kier molecular flexibility index (Phi) is 5.58. The van der Waals surface area contributed by atoms with E-state index in [9.17, 15) is 9.18 Å². The molecule has 0 saturated heterocycles. The molecule has 2 N–H and O–H groups in total. The van der Waals surface area contributed by atoms with Gasteiger partial charge in [0.15, 0.2) is 0 Å². The van der Waals surface area contributed by atoms with E-state index in [1.807, 2.05) is 6.92 Å². The summed E-state index contributed by atoms with van der Waals surface area (Å²) in [6.07, 6.45) is 1.28. The Labute approximate surface area is 108 Å². The molecule has 0 aliphatic carbocycles. The molecule has 0 aliphatic heterocycles. The highest BCUT2D eigenvalue weighted by Gasteiger charge is 2.13. The molecule has 0 aliphatic rings. The van der Waals surface area contributed by atoms with Crippen molar-refractivity contribution in [3.8, 4) is 0 Å². The lowest BCUT2D eigenvalue weighted by Gasteiger charge is -2.13. The first-order chi connectivity index (χ1) is 8.04. The zero-order chi connectivity index (χ0) is 12.8. The fourth-order valence-corrected chi connectivity index (χ4v) is 1.78. The minimum absolute atomic E-state index is 0.0315. The predicted octanol–water partition coefficient (Wildman–Crippen LogP) is 2.48. The predicted molar refractivity (Wildman–Crippen MR) is 67.3 cm³/mol. The number of aliphatic hydroxyl groups is 1. The van der Waals surface area contributed by atoms with E-state index in [-0.39, 0.29) is 18.2 Å². The summed E-state index contributed by atoms with van der Waals surface area (Å²) >= 11 is 3.13. The van der Waals surface area contributed by atoms with Crippen LogP contribution in [0.25, 0.3) is 0 Å². The zero-order valence-electron chi connectivity index (χ0n) is 9.54. The van der Waals surface area contributed by atoms with Gasteiger partial charge in [0.25, 0.3) is 5.91 Å². The smallest absolute Gasteiger partial charge is 0.254 e. The number of hydrogen-bond acceptors (Lipinski definition) is 2. The lowest BCUT2D eigenvalue weighted by Crippen LogP contribution is -2.33. The van der Waals surface area contributed by atoms with Crippen LogP contribution in [-0.4, -0.2) is 23.7 Å². The van der Waals surface area contributed by atoms with E-state index in [0.29, 0.717) is 17.3 Å². The van der Waals surface area contributed by atoms with Gasteiger partial charge in [0.1, 0.15) is 5.82 Å². The third-order valence-electron chi connectivity index (χ3n) is 2.35. The monoisotopic (exact) mass is 303 g/mol. The summed E-state index contributed by atoms with van der Waals surface area (Å²) in [6.45, 7) is 1.91. The molecule has 94 valence electrons. The number of amides is 1. The molecule has 0 fully saturated rings. The quantitative estimate of drug-likeness (QED) is 0.878. The number of carbonyl (C=O) groups is 1. The fourth-order valence-electron chi connectivity index (χ4n) is 1.44. The van der Waals surface area contributed by atoms with Gasteiger partial charge < -0.3 is 10.4 Å². The first-order valence-corrected chi connectivity index (χ1v) is 6.20. The molecule has 1 aromatic rings. The van der Waals surface area contributed by atoms with Crippen molar-refractivity contribution in [2.75, 3.05) is 6.61 Å². The number of hydrogen-bond donors (Lipinski definition) is 2. The average molecular weight is 304 g/mol. The van der Waals surface area contributed by atoms with Crippen LogP contribution in [0.5, 0.6) is 0 Å². The van der Waals surface area contributed by atoms with Crippen LogP contribution in [0, 0.1) is 5.82 Å². The molecular formula is C12H15BrFNO2. The molecule has 1 amide bonds. The van der Waals surface area contributed by atoms with E-state index >= 15 is 0 Å². The number of carbonyl (C=O) groups excluding carboxylic acids is 1. The molecule has 3 nitrogen and oxygen atoms in total. The van der Waals surface area contributed by atoms with E-state index in [4.69, 9.17) is 5.11 Å². The van der Waals surface area contributed by atoms with E-state index < -0.39 is 11.7 Å². The van der Waals surface area contributed by atoms with Crippen molar-refractivity contribution in [2.45, 2.75) is 25.8 Å². The maximum atomic E-state index is 13.5. The van der Waals surface area contributed by atoms with Crippen molar-refractivity contribution in [1.82, 2.24) is 5.32 Å². The van der Waals surface area contributed by atoms with Crippen LogP contribution in [0.1, 0.15) is 30.1 Å². The molecule has 0 heterocycles. The van der Waals surface area contributed by atoms with Gasteiger partial charge in [-0.25, -0.2) is 4.39 Å². The second-order valence-corrected chi connectivity index (χ2v) is 4.78. The Balaban J connectivity index is 2.63. The van der Waals surface area contributed by atoms with Crippen LogP contribution in [0.4, 0.5) is 4.39 Å². The van der Waals surface area contributed by atoms with Crippen LogP contribution in [-0.2, 0) is 0 Å². The maximum Gasteiger partial charge on any atom is 0.254 e. The van der Waals surface area contributed by atoms with Crippen LogP contribution in [0.3, 0.4) is 0 Å². The van der Waals surface area contributed by atoms with Gasteiger partial charge in [-0.2, -0.15) is 0 Å². The SMILES string of the molecule is CC(CCCO)NC(=O)c1ccc(Br)cc1F. The van der Waals surface area contributed by atoms with E-state index in [2.05, 4.69) is 21.2 Å². The molecule has 1 atom stereocenters. The Hall–Kier alpha value is -0.940. The average Bonchev–Trinajstić information content (AvgIpc) is 2.26. The van der Waals surface area contributed by atoms with Crippen molar-refractivity contribution < 1.29 is 14.3 Å². The van der Waals surface area contributed by atoms with Crippen LogP contribution in [0.15, 0.2) is 22.7 Å². The zero-order valence-corrected chi connectivity index (χ0v) is 11.1. The number of halogens is 2. The number of rotatable bonds is 5. The molecule has 0 saturated carbocycles. The minimum atomic E-state index is -0.550. The van der Waals surface area contributed by atoms with Gasteiger partial charge in [0.05, 0.1) is 5.56 Å². The summed E-state index contributed by atoms with van der Waals surface area (Å²) in [5.41, 5.74) is 0.0315. The molecule has 0 spiro atoms. The molecule has 0 bridgehead atoms. The molecule has 17 heavy (non-hydrogen) atoms. The third-order valence-corrected chi connectivity index (χ3v) is 2.84. The number of benzene rings is 1. The molecule has 1 unspecified atom stereocenters. The number of nitrogens with one attached hydrogen (secondary N) is 1. The summed E-state index contributed by atoms with van der Waals surface area (Å²) in [5, 5.41) is 11.3. The lowest BCUT2D eigenvalue weighted by atomic mass is 10.1. The molecule has 5 heteroatoms. The maximum absolute atomic E-state index is 13.5. The molecular weight excluding hydrogens is 289 g/mol. The molecule has 0 aromatic heterocycles. The summed E-state index contributed by atoms with van der Waals surface area (Å²) < 4.78 is 14.1. The van der Waals surface area contributed by atoms with E-state index in [1.54, 1.807) is 6.07 Å². The highest BCUT2D eigenvalue weighted by atomic mass is 79.9. The van der Waals surface area contributed by atoms with Gasteiger partial charge in [-0.3, -0.25) is 4.79 Å². The second-order valence-electron chi connectivity index (χ2n) is 3.86. The topological polar surface area (TPSA) is 49.3 Å². The van der Waals surface area contributed by atoms with Gasteiger partial charge in [-0.15, -0.1) is 0 Å². The normalized spacial score (nSPS) is 12.2. The van der Waals surface area contributed by atoms with Gasteiger partial charge in [-0.05, 0) is 38.0 Å². The number of aliphatic hydroxyl groups excluding tert-OH is 1. The molecule has 1 rings (SSSR count). The largest absolute Gasteiger partial charge is 0.396 e. The van der Waals surface area contributed by atoms with Gasteiger partial charge in [0, 0.05) is 17.1 Å². The molecule has 1 aromatic carbocycles. The van der Waals surface area contributed by atoms with Crippen molar-refractivity contribution in [1.29, 1.82) is 0 Å². The summed E-state index contributed by atoms with van der Waals surface area (Å²) in [7, 11) is 0. The Morgan fingerprint density at radius 3 is 2.88 bits per heavy atom. The highest BCUT2D eigenvalue weighted by molar-refractivity contribution is 9.10. The Morgan fingerprint density at radius 1 is 1.59 bits per heavy atom. The fraction of sp³-hybridized carbons (Fsp3) is 0.417. The minimum Gasteiger partial charge on any atom is -0.396 e. The van der Waals surface area contributed by atoms with E-state index in [1.165, 1.54) is 12.1 Å². The highest BCUT2D eigenvalue weighted by Crippen LogP contribution is 2.15. The van der Waals surface area contributed by atoms with Crippen molar-refractivity contribution in [3.05, 3.63) is 34.1 Å². The van der Waals surface area contributed by atoms with Crippen LogP contribution in [0.2, 0.25) is 0 Å². The first-order valence-electron chi connectivity index (χ1n) is 5.41. The second kappa shape index (κ2) is 6.71. The van der Waals surface area contributed by atoms with Crippen molar-refractivity contribution in [3.63, 3.8) is 0 Å². The summed E-state index contributed by atoms with van der Waals surface area (Å²) in [6, 6.07) is 4.23. The summed E-state index contributed by atoms with van der Waals surface area (Å²) in [5.74, 6) is -0.980. The molecule has 0 radical (unpaired) electrons. The van der Waals surface area contributed by atoms with Crippen molar-refractivity contribution in [2.24, 2.45) is 0 Å².